The van der Waals surface area contributed by atoms with Gasteiger partial charge in [0.1, 0.15) is 5.75 Å². The van der Waals surface area contributed by atoms with E-state index in [-0.39, 0.29) is 11.8 Å². The monoisotopic (exact) mass is 238 g/mol. The van der Waals surface area contributed by atoms with Gasteiger partial charge in [0.25, 0.3) is 0 Å². The van der Waals surface area contributed by atoms with Crippen molar-refractivity contribution >= 4 is 23.5 Å². The van der Waals surface area contributed by atoms with Gasteiger partial charge in [0.15, 0.2) is 5.78 Å². The summed E-state index contributed by atoms with van der Waals surface area (Å²) in [5.74, 6) is 0.913. The van der Waals surface area contributed by atoms with Gasteiger partial charge in [0.05, 0.1) is 0 Å². The second kappa shape index (κ2) is 6.33. The number of Topliss-reactive ketones (excluding diaryl/α,β-unsaturated/α-hetero) is 1. The van der Waals surface area contributed by atoms with Gasteiger partial charge in [-0.3, -0.25) is 9.59 Å². The van der Waals surface area contributed by atoms with Crippen molar-refractivity contribution in [2.45, 2.75) is 13.3 Å². The van der Waals surface area contributed by atoms with E-state index in [4.69, 9.17) is 4.74 Å². The van der Waals surface area contributed by atoms with Crippen LogP contribution in [0, 0.1) is 0 Å². The fraction of sp³-hybridized carbons (Fsp3) is 0.333. The van der Waals surface area contributed by atoms with Crippen LogP contribution in [0.2, 0.25) is 0 Å². The predicted octanol–water partition coefficient (Wildman–Crippen LogP) is 2.55. The van der Waals surface area contributed by atoms with Gasteiger partial charge in [0.2, 0.25) is 0 Å². The number of hydrogen-bond acceptors (Lipinski definition) is 4. The summed E-state index contributed by atoms with van der Waals surface area (Å²) in [7, 11) is 0. The van der Waals surface area contributed by atoms with Crippen molar-refractivity contribution in [1.82, 2.24) is 0 Å². The van der Waals surface area contributed by atoms with E-state index in [1.165, 1.54) is 6.92 Å². The lowest BCUT2D eigenvalue weighted by atomic mass is 10.1. The fourth-order valence-electron chi connectivity index (χ4n) is 1.24. The van der Waals surface area contributed by atoms with Gasteiger partial charge in [-0.25, -0.2) is 0 Å². The number of benzene rings is 1. The lowest BCUT2D eigenvalue weighted by Crippen LogP contribution is -2.04. The maximum absolute atomic E-state index is 11.7. The van der Waals surface area contributed by atoms with Gasteiger partial charge in [-0.1, -0.05) is 12.1 Å². The molecule has 0 aliphatic heterocycles. The number of carbonyl (C=O) groups excluding carboxylic acids is 2. The van der Waals surface area contributed by atoms with Crippen LogP contribution < -0.4 is 4.74 Å². The van der Waals surface area contributed by atoms with E-state index >= 15 is 0 Å². The average Bonchev–Trinajstić information content (AvgIpc) is 2.25. The maximum Gasteiger partial charge on any atom is 0.308 e. The Hall–Kier alpha value is -1.29. The quantitative estimate of drug-likeness (QED) is 0.449. The summed E-state index contributed by atoms with van der Waals surface area (Å²) in [5, 5.41) is 0. The van der Waals surface area contributed by atoms with Crippen LogP contribution in [0.15, 0.2) is 24.3 Å². The molecule has 1 aromatic rings. The van der Waals surface area contributed by atoms with E-state index < -0.39 is 0 Å². The number of ketones is 1. The second-order valence-corrected chi connectivity index (χ2v) is 4.27. The first-order valence-electron chi connectivity index (χ1n) is 4.94. The molecule has 86 valence electrons. The molecule has 0 unspecified atom stereocenters. The van der Waals surface area contributed by atoms with Crippen molar-refractivity contribution in [3.05, 3.63) is 29.8 Å². The molecule has 0 fully saturated rings. The first kappa shape index (κ1) is 12.8. The molecule has 0 N–H and O–H groups in total. The van der Waals surface area contributed by atoms with Gasteiger partial charge >= 0.3 is 5.97 Å². The zero-order valence-corrected chi connectivity index (χ0v) is 10.2. The van der Waals surface area contributed by atoms with Crippen LogP contribution in [0.5, 0.6) is 5.75 Å². The Kier molecular flexibility index (Phi) is 5.05. The zero-order chi connectivity index (χ0) is 12.0. The van der Waals surface area contributed by atoms with Crippen molar-refractivity contribution in [2.75, 3.05) is 12.0 Å². The molecule has 0 bridgehead atoms. The van der Waals surface area contributed by atoms with Crippen molar-refractivity contribution in [3.63, 3.8) is 0 Å². The first-order valence-corrected chi connectivity index (χ1v) is 6.33. The molecule has 0 aliphatic rings. The van der Waals surface area contributed by atoms with E-state index in [9.17, 15) is 9.59 Å². The molecule has 3 nitrogen and oxygen atoms in total. The Morgan fingerprint density at radius 1 is 1.38 bits per heavy atom. The summed E-state index contributed by atoms with van der Waals surface area (Å²) in [6, 6.07) is 6.71. The van der Waals surface area contributed by atoms with Crippen LogP contribution in [0.3, 0.4) is 0 Å². The number of hydrogen-bond donors (Lipinski definition) is 0. The molecule has 0 radical (unpaired) electrons. The summed E-state index contributed by atoms with van der Waals surface area (Å²) >= 11 is 1.63. The topological polar surface area (TPSA) is 43.4 Å². The normalized spacial score (nSPS) is 9.88. The van der Waals surface area contributed by atoms with Crippen molar-refractivity contribution < 1.29 is 14.3 Å². The molecule has 0 atom stereocenters. The molecular weight excluding hydrogens is 224 g/mol. The number of rotatable bonds is 5. The Morgan fingerprint density at radius 3 is 2.75 bits per heavy atom. The number of carbonyl (C=O) groups is 2. The minimum Gasteiger partial charge on any atom is -0.427 e. The molecule has 0 aliphatic carbocycles. The summed E-state index contributed by atoms with van der Waals surface area (Å²) in [4.78, 5) is 22.4. The third kappa shape index (κ3) is 4.06. The molecule has 0 aromatic heterocycles. The van der Waals surface area contributed by atoms with Crippen LogP contribution >= 0.6 is 11.8 Å². The highest BCUT2D eigenvalue weighted by atomic mass is 32.2. The minimum atomic E-state index is -0.381. The summed E-state index contributed by atoms with van der Waals surface area (Å²) in [6.07, 6.45) is 2.47. The average molecular weight is 238 g/mol. The Bertz CT molecular complexity index is 388. The van der Waals surface area contributed by atoms with Gasteiger partial charge < -0.3 is 4.74 Å². The van der Waals surface area contributed by atoms with Crippen LogP contribution in [-0.2, 0) is 4.79 Å². The molecule has 0 saturated carbocycles. The molecule has 16 heavy (non-hydrogen) atoms. The molecule has 0 heterocycles. The smallest absolute Gasteiger partial charge is 0.308 e. The van der Waals surface area contributed by atoms with E-state index in [2.05, 4.69) is 0 Å². The zero-order valence-electron chi connectivity index (χ0n) is 9.36. The predicted molar refractivity (Wildman–Crippen MR) is 65.1 cm³/mol. The molecule has 0 amide bonds. The number of ether oxygens (including phenoxy) is 1. The van der Waals surface area contributed by atoms with E-state index in [1.54, 1.807) is 36.0 Å². The van der Waals surface area contributed by atoms with E-state index in [1.807, 2.05) is 6.26 Å². The largest absolute Gasteiger partial charge is 0.427 e. The number of thioether (sulfide) groups is 1. The van der Waals surface area contributed by atoms with Crippen LogP contribution in [0.4, 0.5) is 0 Å². The minimum absolute atomic E-state index is 0.0725. The number of esters is 1. The SMILES string of the molecule is CSCCC(=O)c1cccc(OC(C)=O)c1. The van der Waals surface area contributed by atoms with Crippen LogP contribution in [0.1, 0.15) is 23.7 Å². The van der Waals surface area contributed by atoms with Crippen molar-refractivity contribution in [3.8, 4) is 5.75 Å². The van der Waals surface area contributed by atoms with Crippen molar-refractivity contribution in [1.29, 1.82) is 0 Å². The van der Waals surface area contributed by atoms with E-state index in [0.29, 0.717) is 17.7 Å². The van der Waals surface area contributed by atoms with Gasteiger partial charge in [-0.2, -0.15) is 11.8 Å². The van der Waals surface area contributed by atoms with Crippen LogP contribution in [0.25, 0.3) is 0 Å². The lowest BCUT2D eigenvalue weighted by molar-refractivity contribution is -0.131. The van der Waals surface area contributed by atoms with Gasteiger partial charge in [0, 0.05) is 24.7 Å². The third-order valence-corrected chi connectivity index (χ3v) is 2.56. The summed E-state index contributed by atoms with van der Waals surface area (Å²) < 4.78 is 4.91. The fourth-order valence-corrected chi connectivity index (χ4v) is 1.63. The summed E-state index contributed by atoms with van der Waals surface area (Å²) in [5.41, 5.74) is 0.591. The van der Waals surface area contributed by atoms with Gasteiger partial charge in [-0.15, -0.1) is 0 Å². The van der Waals surface area contributed by atoms with Crippen molar-refractivity contribution in [2.24, 2.45) is 0 Å². The molecule has 0 spiro atoms. The van der Waals surface area contributed by atoms with Crippen LogP contribution in [-0.4, -0.2) is 23.8 Å². The highest BCUT2D eigenvalue weighted by molar-refractivity contribution is 7.98. The highest BCUT2D eigenvalue weighted by Gasteiger charge is 2.07. The maximum atomic E-state index is 11.7. The molecule has 4 heteroatoms. The second-order valence-electron chi connectivity index (χ2n) is 3.29. The lowest BCUT2D eigenvalue weighted by Gasteiger charge is -2.03. The first-order chi connectivity index (χ1) is 7.63. The Morgan fingerprint density at radius 2 is 2.12 bits per heavy atom. The van der Waals surface area contributed by atoms with E-state index in [0.717, 1.165) is 5.75 Å². The molecule has 1 rings (SSSR count). The Labute approximate surface area is 99.2 Å². The third-order valence-electron chi connectivity index (χ3n) is 1.95. The molecular formula is C12H14O3S. The highest BCUT2D eigenvalue weighted by Crippen LogP contribution is 2.15. The van der Waals surface area contributed by atoms with Gasteiger partial charge in [-0.05, 0) is 18.4 Å². The molecule has 0 saturated heterocycles. The molecule has 1 aromatic carbocycles. The Balaban J connectivity index is 2.73. The standard InChI is InChI=1S/C12H14O3S/c1-9(13)15-11-5-3-4-10(8-11)12(14)6-7-16-2/h3-5,8H,6-7H2,1-2H3. The summed E-state index contributed by atoms with van der Waals surface area (Å²) in [6.45, 7) is 1.34.